The zero-order valence-corrected chi connectivity index (χ0v) is 9.39. The van der Waals surface area contributed by atoms with Gasteiger partial charge >= 0.3 is 0 Å². The number of fused-ring (bicyclic) bond motifs is 1. The molecule has 0 aromatic heterocycles. The van der Waals surface area contributed by atoms with Gasteiger partial charge in [-0.1, -0.05) is 19.1 Å². The molecule has 1 aliphatic rings. The van der Waals surface area contributed by atoms with E-state index in [1.165, 1.54) is 6.07 Å². The molecule has 1 N–H and O–H groups in total. The highest BCUT2D eigenvalue weighted by Gasteiger charge is 2.39. The van der Waals surface area contributed by atoms with Crippen molar-refractivity contribution in [3.8, 4) is 6.07 Å². The molecule has 2 rings (SSSR count). The summed E-state index contributed by atoms with van der Waals surface area (Å²) in [6.07, 6.45) is 2.28. The maximum absolute atomic E-state index is 13.6. The number of rotatable bonds is 3. The lowest BCUT2D eigenvalue weighted by Crippen LogP contribution is -2.39. The summed E-state index contributed by atoms with van der Waals surface area (Å²) in [5, 5.41) is 12.6. The predicted octanol–water partition coefficient (Wildman–Crippen LogP) is 2.49. The molecule has 3 heteroatoms. The molecule has 0 aliphatic heterocycles. The number of nitrogens with zero attached hydrogens (tertiary/aromatic N) is 1. The van der Waals surface area contributed by atoms with Crippen LogP contribution in [-0.4, -0.2) is 6.54 Å². The summed E-state index contributed by atoms with van der Waals surface area (Å²) in [5.41, 5.74) is 0.851. The molecule has 0 spiro atoms. The van der Waals surface area contributed by atoms with Gasteiger partial charge in [0.1, 0.15) is 11.4 Å². The van der Waals surface area contributed by atoms with Crippen molar-refractivity contribution in [1.29, 1.82) is 5.26 Å². The van der Waals surface area contributed by atoms with Crippen LogP contribution in [0.15, 0.2) is 18.2 Å². The summed E-state index contributed by atoms with van der Waals surface area (Å²) in [6.45, 7) is 2.84. The van der Waals surface area contributed by atoms with Gasteiger partial charge in [-0.2, -0.15) is 5.26 Å². The number of nitrogens with one attached hydrogen (secondary N) is 1. The van der Waals surface area contributed by atoms with Gasteiger partial charge in [-0.25, -0.2) is 4.39 Å². The molecule has 16 heavy (non-hydrogen) atoms. The Bertz CT molecular complexity index is 436. The van der Waals surface area contributed by atoms with Crippen LogP contribution in [0.5, 0.6) is 0 Å². The summed E-state index contributed by atoms with van der Waals surface area (Å²) in [5.74, 6) is -0.187. The monoisotopic (exact) mass is 218 g/mol. The molecular weight excluding hydrogens is 203 g/mol. The largest absolute Gasteiger partial charge is 0.296 e. The number of nitriles is 1. The van der Waals surface area contributed by atoms with Crippen molar-refractivity contribution in [2.75, 3.05) is 6.54 Å². The Kier molecular flexibility index (Phi) is 2.93. The average Bonchev–Trinajstić information content (AvgIpc) is 2.68. The maximum Gasteiger partial charge on any atom is 0.132 e. The fourth-order valence-electron chi connectivity index (χ4n) is 2.34. The Morgan fingerprint density at radius 3 is 3.06 bits per heavy atom. The minimum absolute atomic E-state index is 0.187. The highest BCUT2D eigenvalue weighted by atomic mass is 19.1. The van der Waals surface area contributed by atoms with Gasteiger partial charge in [-0.15, -0.1) is 0 Å². The second-order valence-corrected chi connectivity index (χ2v) is 4.21. The first-order valence-corrected chi connectivity index (χ1v) is 5.67. The second-order valence-electron chi connectivity index (χ2n) is 4.21. The van der Waals surface area contributed by atoms with Crippen molar-refractivity contribution in [2.45, 2.75) is 31.7 Å². The van der Waals surface area contributed by atoms with E-state index in [1.54, 1.807) is 6.07 Å². The molecule has 0 fully saturated rings. The van der Waals surface area contributed by atoms with Gasteiger partial charge in [0.05, 0.1) is 6.07 Å². The molecule has 0 radical (unpaired) electrons. The average molecular weight is 218 g/mol. The van der Waals surface area contributed by atoms with Crippen LogP contribution in [0.25, 0.3) is 0 Å². The van der Waals surface area contributed by atoms with E-state index in [9.17, 15) is 9.65 Å². The molecule has 1 aromatic carbocycles. The van der Waals surface area contributed by atoms with Gasteiger partial charge in [0.25, 0.3) is 0 Å². The maximum atomic E-state index is 13.6. The molecule has 84 valence electrons. The lowest BCUT2D eigenvalue weighted by atomic mass is 9.93. The topological polar surface area (TPSA) is 35.8 Å². The van der Waals surface area contributed by atoms with E-state index in [0.29, 0.717) is 18.4 Å². The number of halogens is 1. The van der Waals surface area contributed by atoms with E-state index in [0.717, 1.165) is 18.5 Å². The Hall–Kier alpha value is -1.40. The summed E-state index contributed by atoms with van der Waals surface area (Å²) >= 11 is 0. The Balaban J connectivity index is 2.40. The van der Waals surface area contributed by atoms with Crippen molar-refractivity contribution < 1.29 is 4.39 Å². The van der Waals surface area contributed by atoms with Crippen molar-refractivity contribution in [1.82, 2.24) is 5.32 Å². The molecular formula is C13H15FN2. The van der Waals surface area contributed by atoms with Crippen LogP contribution in [0.2, 0.25) is 0 Å². The van der Waals surface area contributed by atoms with Gasteiger partial charge in [0, 0.05) is 0 Å². The van der Waals surface area contributed by atoms with E-state index >= 15 is 0 Å². The van der Waals surface area contributed by atoms with Gasteiger partial charge < -0.3 is 0 Å². The van der Waals surface area contributed by atoms with E-state index < -0.39 is 5.54 Å². The lowest BCUT2D eigenvalue weighted by molar-refractivity contribution is 0.425. The zero-order chi connectivity index (χ0) is 11.6. The third kappa shape index (κ3) is 1.60. The summed E-state index contributed by atoms with van der Waals surface area (Å²) in [6, 6.07) is 7.32. The highest BCUT2D eigenvalue weighted by molar-refractivity contribution is 5.44. The van der Waals surface area contributed by atoms with E-state index in [2.05, 4.69) is 18.3 Å². The second kappa shape index (κ2) is 4.23. The SMILES string of the molecule is CCCNC1(C#N)CCc2c(F)cccc21. The van der Waals surface area contributed by atoms with Gasteiger partial charge in [0.2, 0.25) is 0 Å². The van der Waals surface area contributed by atoms with Crippen LogP contribution in [0.3, 0.4) is 0 Å². The van der Waals surface area contributed by atoms with Crippen LogP contribution in [-0.2, 0) is 12.0 Å². The van der Waals surface area contributed by atoms with Gasteiger partial charge in [0.15, 0.2) is 0 Å². The van der Waals surface area contributed by atoms with Crippen molar-refractivity contribution in [3.05, 3.63) is 35.1 Å². The minimum atomic E-state index is -0.673. The first-order chi connectivity index (χ1) is 7.73. The third-order valence-electron chi connectivity index (χ3n) is 3.20. The van der Waals surface area contributed by atoms with Crippen molar-refractivity contribution >= 4 is 0 Å². The lowest BCUT2D eigenvalue weighted by Gasteiger charge is -2.23. The Morgan fingerprint density at radius 1 is 1.56 bits per heavy atom. The smallest absolute Gasteiger partial charge is 0.132 e. The molecule has 2 nitrogen and oxygen atoms in total. The zero-order valence-electron chi connectivity index (χ0n) is 9.39. The number of hydrogen-bond acceptors (Lipinski definition) is 2. The fraction of sp³-hybridized carbons (Fsp3) is 0.462. The van der Waals surface area contributed by atoms with Crippen LogP contribution in [0.4, 0.5) is 4.39 Å². The number of benzene rings is 1. The van der Waals surface area contributed by atoms with Gasteiger partial charge in [-0.3, -0.25) is 5.32 Å². The normalized spacial score (nSPS) is 22.8. The standard InChI is InChI=1S/C13H15FN2/c1-2-8-16-13(9-15)7-6-10-11(13)4-3-5-12(10)14/h3-5,16H,2,6-8H2,1H3. The Labute approximate surface area is 95.1 Å². The molecule has 0 amide bonds. The minimum Gasteiger partial charge on any atom is -0.296 e. The van der Waals surface area contributed by atoms with Crippen molar-refractivity contribution in [3.63, 3.8) is 0 Å². The molecule has 1 unspecified atom stereocenters. The van der Waals surface area contributed by atoms with E-state index in [-0.39, 0.29) is 5.82 Å². The van der Waals surface area contributed by atoms with E-state index in [1.807, 2.05) is 6.07 Å². The summed E-state index contributed by atoms with van der Waals surface area (Å²) in [4.78, 5) is 0. The third-order valence-corrected chi connectivity index (χ3v) is 3.20. The predicted molar refractivity (Wildman–Crippen MR) is 60.3 cm³/mol. The quantitative estimate of drug-likeness (QED) is 0.846. The molecule has 1 aromatic rings. The van der Waals surface area contributed by atoms with E-state index in [4.69, 9.17) is 0 Å². The highest BCUT2D eigenvalue weighted by Crippen LogP contribution is 2.37. The Morgan fingerprint density at radius 2 is 2.38 bits per heavy atom. The first kappa shape index (κ1) is 11.1. The molecule has 1 atom stereocenters. The molecule has 1 aliphatic carbocycles. The van der Waals surface area contributed by atoms with Crippen LogP contribution >= 0.6 is 0 Å². The summed E-state index contributed by atoms with van der Waals surface area (Å²) < 4.78 is 13.6. The van der Waals surface area contributed by atoms with Crippen LogP contribution < -0.4 is 5.32 Å². The van der Waals surface area contributed by atoms with Crippen LogP contribution in [0.1, 0.15) is 30.9 Å². The van der Waals surface area contributed by atoms with Crippen LogP contribution in [0, 0.1) is 17.1 Å². The molecule has 0 heterocycles. The fourth-order valence-corrected chi connectivity index (χ4v) is 2.34. The number of hydrogen-bond donors (Lipinski definition) is 1. The molecule has 0 saturated carbocycles. The molecule has 0 saturated heterocycles. The first-order valence-electron chi connectivity index (χ1n) is 5.67. The van der Waals surface area contributed by atoms with Crippen molar-refractivity contribution in [2.24, 2.45) is 0 Å². The van der Waals surface area contributed by atoms with Gasteiger partial charge in [-0.05, 0) is 43.0 Å². The summed E-state index contributed by atoms with van der Waals surface area (Å²) in [7, 11) is 0. The molecule has 0 bridgehead atoms.